The molecule has 1 aromatic heterocycles. The number of hydrogen-bond donors (Lipinski definition) is 1. The van der Waals surface area contributed by atoms with E-state index in [9.17, 15) is 24.6 Å². The fourth-order valence-corrected chi connectivity index (χ4v) is 1.49. The molecule has 21 heavy (non-hydrogen) atoms. The lowest BCUT2D eigenvalue weighted by atomic mass is 10.3. The van der Waals surface area contributed by atoms with Crippen molar-refractivity contribution in [2.24, 2.45) is 0 Å². The number of benzene rings is 1. The highest BCUT2D eigenvalue weighted by atomic mass is 19.1. The third kappa shape index (κ3) is 3.00. The molecule has 2 rings (SSSR count). The summed E-state index contributed by atoms with van der Waals surface area (Å²) in [6.07, 6.45) is 0. The predicted octanol–water partition coefficient (Wildman–Crippen LogP) is 2.41. The molecule has 0 unspecified atom stereocenters. The second-order valence-electron chi connectivity index (χ2n) is 3.78. The van der Waals surface area contributed by atoms with Gasteiger partial charge in [0.1, 0.15) is 5.82 Å². The van der Waals surface area contributed by atoms with Gasteiger partial charge in [-0.25, -0.2) is 4.39 Å². The number of ether oxygens (including phenoxy) is 1. The van der Waals surface area contributed by atoms with E-state index in [-0.39, 0.29) is 11.6 Å². The van der Waals surface area contributed by atoms with E-state index in [2.05, 4.69) is 4.98 Å². The molecule has 1 aromatic carbocycles. The zero-order valence-electron chi connectivity index (χ0n) is 10.2. The van der Waals surface area contributed by atoms with E-state index in [0.717, 1.165) is 30.3 Å². The van der Waals surface area contributed by atoms with Crippen LogP contribution in [-0.4, -0.2) is 14.8 Å². The van der Waals surface area contributed by atoms with Crippen LogP contribution in [0.25, 0.3) is 0 Å². The van der Waals surface area contributed by atoms with Crippen molar-refractivity contribution in [1.29, 1.82) is 0 Å². The molecule has 108 valence electrons. The topological polar surface area (TPSA) is 134 Å². The number of nitrogens with two attached hydrogens (primary N) is 1. The predicted molar refractivity (Wildman–Crippen MR) is 68.4 cm³/mol. The number of aromatic nitrogens is 1. The monoisotopic (exact) mass is 294 g/mol. The summed E-state index contributed by atoms with van der Waals surface area (Å²) < 4.78 is 18.2. The first-order valence-corrected chi connectivity index (χ1v) is 5.41. The Bertz CT molecular complexity index is 737. The minimum absolute atomic E-state index is 0.230. The Morgan fingerprint density at radius 3 is 2.29 bits per heavy atom. The van der Waals surface area contributed by atoms with Crippen LogP contribution in [0, 0.1) is 26.0 Å². The quantitative estimate of drug-likeness (QED) is 0.675. The van der Waals surface area contributed by atoms with Gasteiger partial charge in [-0.1, -0.05) is 0 Å². The molecule has 0 saturated heterocycles. The number of nitro groups is 2. The van der Waals surface area contributed by atoms with E-state index in [1.54, 1.807) is 0 Å². The standard InChI is InChI=1S/C11H7FN4O5/c12-6-1-2-7(15(17)18)9(5-6)21-10-4-3-8(16(19)20)11(13)14-10/h1-5H,(H2,13,14). The molecule has 0 saturated carbocycles. The van der Waals surface area contributed by atoms with Crippen LogP contribution < -0.4 is 10.5 Å². The molecule has 2 N–H and O–H groups in total. The van der Waals surface area contributed by atoms with E-state index in [4.69, 9.17) is 10.5 Å². The van der Waals surface area contributed by atoms with Crippen LogP contribution in [0.5, 0.6) is 11.6 Å². The van der Waals surface area contributed by atoms with Crippen molar-refractivity contribution < 1.29 is 19.0 Å². The number of rotatable bonds is 4. The molecule has 9 nitrogen and oxygen atoms in total. The van der Waals surface area contributed by atoms with Gasteiger partial charge in [0.2, 0.25) is 17.4 Å². The van der Waals surface area contributed by atoms with Crippen LogP contribution in [0.3, 0.4) is 0 Å². The van der Waals surface area contributed by atoms with Gasteiger partial charge in [-0.15, -0.1) is 0 Å². The lowest BCUT2D eigenvalue weighted by Crippen LogP contribution is -2.00. The van der Waals surface area contributed by atoms with Gasteiger partial charge in [0.25, 0.3) is 0 Å². The third-order valence-electron chi connectivity index (χ3n) is 2.41. The summed E-state index contributed by atoms with van der Waals surface area (Å²) in [7, 11) is 0. The fourth-order valence-electron chi connectivity index (χ4n) is 1.49. The fraction of sp³-hybridized carbons (Fsp3) is 0. The first-order chi connectivity index (χ1) is 9.88. The summed E-state index contributed by atoms with van der Waals surface area (Å²) in [5.74, 6) is -1.78. The molecule has 0 spiro atoms. The van der Waals surface area contributed by atoms with Gasteiger partial charge in [-0.3, -0.25) is 20.2 Å². The van der Waals surface area contributed by atoms with Gasteiger partial charge in [0, 0.05) is 24.3 Å². The van der Waals surface area contributed by atoms with E-state index < -0.39 is 32.9 Å². The van der Waals surface area contributed by atoms with Crippen LogP contribution in [0.1, 0.15) is 0 Å². The second-order valence-corrected chi connectivity index (χ2v) is 3.78. The Balaban J connectivity index is 2.38. The summed E-state index contributed by atoms with van der Waals surface area (Å²) in [6, 6.07) is 4.77. The molecule has 1 heterocycles. The molecule has 10 heteroatoms. The van der Waals surface area contributed by atoms with E-state index >= 15 is 0 Å². The first-order valence-electron chi connectivity index (χ1n) is 5.41. The number of nitrogen functional groups attached to an aromatic ring is 1. The zero-order chi connectivity index (χ0) is 15.6. The average molecular weight is 294 g/mol. The molecular formula is C11H7FN4O5. The Labute approximate surface area is 116 Å². The van der Waals surface area contributed by atoms with Gasteiger partial charge in [-0.2, -0.15) is 4.98 Å². The molecule has 0 atom stereocenters. The minimum atomic E-state index is -0.760. The Kier molecular flexibility index (Phi) is 3.61. The zero-order valence-corrected chi connectivity index (χ0v) is 10.2. The minimum Gasteiger partial charge on any atom is -0.432 e. The molecule has 0 aliphatic carbocycles. The van der Waals surface area contributed by atoms with Crippen molar-refractivity contribution >= 4 is 17.2 Å². The van der Waals surface area contributed by atoms with E-state index in [1.807, 2.05) is 0 Å². The van der Waals surface area contributed by atoms with Crippen LogP contribution >= 0.6 is 0 Å². The van der Waals surface area contributed by atoms with Crippen molar-refractivity contribution in [2.75, 3.05) is 5.73 Å². The highest BCUT2D eigenvalue weighted by molar-refractivity contribution is 5.54. The van der Waals surface area contributed by atoms with E-state index in [0.29, 0.717) is 0 Å². The summed E-state index contributed by atoms with van der Waals surface area (Å²) in [6.45, 7) is 0. The molecule has 0 aliphatic heterocycles. The van der Waals surface area contributed by atoms with Crippen molar-refractivity contribution in [3.63, 3.8) is 0 Å². The van der Waals surface area contributed by atoms with E-state index in [1.165, 1.54) is 0 Å². The number of pyridine rings is 1. The SMILES string of the molecule is Nc1nc(Oc2cc(F)ccc2[N+](=O)[O-])ccc1[N+](=O)[O-]. The Morgan fingerprint density at radius 1 is 1.10 bits per heavy atom. The van der Waals surface area contributed by atoms with Crippen LogP contribution in [0.4, 0.5) is 21.6 Å². The summed E-state index contributed by atoms with van der Waals surface area (Å²) >= 11 is 0. The van der Waals surface area contributed by atoms with Gasteiger partial charge in [0.05, 0.1) is 9.85 Å². The maximum Gasteiger partial charge on any atom is 0.311 e. The van der Waals surface area contributed by atoms with Crippen molar-refractivity contribution in [3.8, 4) is 11.6 Å². The maximum atomic E-state index is 13.1. The lowest BCUT2D eigenvalue weighted by Gasteiger charge is -2.06. The number of nitrogens with zero attached hydrogens (tertiary/aromatic N) is 3. The van der Waals surface area contributed by atoms with Crippen LogP contribution in [0.2, 0.25) is 0 Å². The molecule has 0 radical (unpaired) electrons. The Morgan fingerprint density at radius 2 is 1.71 bits per heavy atom. The van der Waals surface area contributed by atoms with Gasteiger partial charge in [-0.05, 0) is 6.07 Å². The van der Waals surface area contributed by atoms with Gasteiger partial charge >= 0.3 is 11.4 Å². The summed E-state index contributed by atoms with van der Waals surface area (Å²) in [4.78, 5) is 23.5. The molecular weight excluding hydrogens is 287 g/mol. The van der Waals surface area contributed by atoms with Crippen LogP contribution in [-0.2, 0) is 0 Å². The highest BCUT2D eigenvalue weighted by Crippen LogP contribution is 2.32. The average Bonchev–Trinajstić information content (AvgIpc) is 2.37. The third-order valence-corrected chi connectivity index (χ3v) is 2.41. The molecule has 2 aromatic rings. The summed E-state index contributed by atoms with van der Waals surface area (Å²) in [5, 5.41) is 21.4. The molecule has 0 bridgehead atoms. The number of anilines is 1. The van der Waals surface area contributed by atoms with Crippen LogP contribution in [0.15, 0.2) is 30.3 Å². The lowest BCUT2D eigenvalue weighted by molar-refractivity contribution is -0.385. The van der Waals surface area contributed by atoms with Crippen molar-refractivity contribution in [3.05, 3.63) is 56.4 Å². The normalized spacial score (nSPS) is 10.1. The number of halogens is 1. The van der Waals surface area contributed by atoms with Crippen molar-refractivity contribution in [2.45, 2.75) is 0 Å². The first kappa shape index (κ1) is 14.1. The second kappa shape index (κ2) is 5.36. The number of nitro benzene ring substituents is 1. The highest BCUT2D eigenvalue weighted by Gasteiger charge is 2.19. The summed E-state index contributed by atoms with van der Waals surface area (Å²) in [5.41, 5.74) is 4.45. The number of hydrogen-bond acceptors (Lipinski definition) is 7. The molecule has 0 fully saturated rings. The maximum absolute atomic E-state index is 13.1. The molecule has 0 amide bonds. The van der Waals surface area contributed by atoms with Gasteiger partial charge < -0.3 is 10.5 Å². The smallest absolute Gasteiger partial charge is 0.311 e. The van der Waals surface area contributed by atoms with Crippen molar-refractivity contribution in [1.82, 2.24) is 4.98 Å². The Hall–Kier alpha value is -3.30. The largest absolute Gasteiger partial charge is 0.432 e. The van der Waals surface area contributed by atoms with Gasteiger partial charge in [0.15, 0.2) is 0 Å². The molecule has 0 aliphatic rings.